The molecule has 0 radical (unpaired) electrons. The van der Waals surface area contributed by atoms with Gasteiger partial charge in [-0.25, -0.2) is 0 Å². The van der Waals surface area contributed by atoms with Gasteiger partial charge in [0.05, 0.1) is 27.7 Å². The molecule has 74 valence electrons. The number of nitrogens with zero attached hydrogens (tertiary/aromatic N) is 1. The summed E-state index contributed by atoms with van der Waals surface area (Å²) in [5.41, 5.74) is 0.581. The van der Waals surface area contributed by atoms with Crippen molar-refractivity contribution in [1.29, 1.82) is 0 Å². The summed E-state index contributed by atoms with van der Waals surface area (Å²) in [6.45, 7) is 3.79. The predicted octanol–water partition coefficient (Wildman–Crippen LogP) is 2.29. The van der Waals surface area contributed by atoms with E-state index in [0.717, 1.165) is 16.3 Å². The van der Waals surface area contributed by atoms with Gasteiger partial charge in [-0.05, 0) is 24.7 Å². The minimum absolute atomic E-state index is 0.581. The standard InChI is InChI=1S/C12H22N/c1-12(9-13(2,3)4)8-10-5-6-11(12)7-10/h5-6,10-11H,7-9H2,1-4H3/q+1/t10-,11+,12+/m0/s1. The molecular weight excluding hydrogens is 158 g/mol. The monoisotopic (exact) mass is 180 g/mol. The van der Waals surface area contributed by atoms with E-state index >= 15 is 0 Å². The molecular formula is C12H22N+. The number of rotatable bonds is 2. The average Bonchev–Trinajstić information content (AvgIpc) is 2.39. The van der Waals surface area contributed by atoms with Gasteiger partial charge in [0.15, 0.2) is 0 Å². The van der Waals surface area contributed by atoms with Crippen LogP contribution >= 0.6 is 0 Å². The minimum Gasteiger partial charge on any atom is -0.330 e. The van der Waals surface area contributed by atoms with Gasteiger partial charge in [0, 0.05) is 5.41 Å². The lowest BCUT2D eigenvalue weighted by molar-refractivity contribution is -0.877. The van der Waals surface area contributed by atoms with Gasteiger partial charge in [0.2, 0.25) is 0 Å². The highest BCUT2D eigenvalue weighted by Crippen LogP contribution is 2.52. The van der Waals surface area contributed by atoms with Crippen LogP contribution in [0.25, 0.3) is 0 Å². The highest BCUT2D eigenvalue weighted by Gasteiger charge is 2.47. The third kappa shape index (κ3) is 1.67. The Morgan fingerprint density at radius 1 is 1.31 bits per heavy atom. The van der Waals surface area contributed by atoms with Crippen molar-refractivity contribution in [1.82, 2.24) is 0 Å². The summed E-state index contributed by atoms with van der Waals surface area (Å²) in [6, 6.07) is 0. The normalized spacial score (nSPS) is 43.1. The van der Waals surface area contributed by atoms with E-state index in [4.69, 9.17) is 0 Å². The Balaban J connectivity index is 2.10. The molecule has 0 unspecified atom stereocenters. The molecule has 0 heterocycles. The minimum atomic E-state index is 0.581. The third-order valence-electron chi connectivity index (χ3n) is 3.63. The number of quaternary nitrogens is 1. The molecule has 2 aliphatic carbocycles. The zero-order valence-electron chi connectivity index (χ0n) is 9.38. The summed E-state index contributed by atoms with van der Waals surface area (Å²) in [6.07, 6.45) is 7.74. The van der Waals surface area contributed by atoms with Crippen LogP contribution in [-0.4, -0.2) is 32.2 Å². The highest BCUT2D eigenvalue weighted by molar-refractivity contribution is 5.14. The van der Waals surface area contributed by atoms with E-state index in [1.54, 1.807) is 0 Å². The van der Waals surface area contributed by atoms with Crippen LogP contribution in [0.1, 0.15) is 19.8 Å². The zero-order valence-corrected chi connectivity index (χ0v) is 9.38. The SMILES string of the molecule is C[C@]1(C[N+](C)(C)C)C[C@H]2C=C[C@@H]1C2. The van der Waals surface area contributed by atoms with Crippen LogP contribution in [-0.2, 0) is 0 Å². The quantitative estimate of drug-likeness (QED) is 0.452. The lowest BCUT2D eigenvalue weighted by atomic mass is 9.77. The first kappa shape index (κ1) is 9.26. The predicted molar refractivity (Wildman–Crippen MR) is 56.4 cm³/mol. The number of hydrogen-bond acceptors (Lipinski definition) is 0. The molecule has 0 saturated heterocycles. The van der Waals surface area contributed by atoms with E-state index in [-0.39, 0.29) is 0 Å². The highest BCUT2D eigenvalue weighted by atomic mass is 15.3. The molecule has 0 amide bonds. The fourth-order valence-corrected chi connectivity index (χ4v) is 3.46. The molecule has 1 fully saturated rings. The molecule has 0 aromatic rings. The van der Waals surface area contributed by atoms with Gasteiger partial charge in [-0.2, -0.15) is 0 Å². The van der Waals surface area contributed by atoms with Crippen molar-refractivity contribution in [3.8, 4) is 0 Å². The summed E-state index contributed by atoms with van der Waals surface area (Å²) in [5.74, 6) is 1.77. The lowest BCUT2D eigenvalue weighted by Crippen LogP contribution is -2.45. The molecule has 0 N–H and O–H groups in total. The first-order valence-electron chi connectivity index (χ1n) is 5.38. The zero-order chi connectivity index (χ0) is 9.69. The van der Waals surface area contributed by atoms with Gasteiger partial charge in [0.1, 0.15) is 0 Å². The van der Waals surface area contributed by atoms with Gasteiger partial charge in [-0.15, -0.1) is 0 Å². The second-order valence-electron chi connectivity index (χ2n) is 6.29. The van der Waals surface area contributed by atoms with Gasteiger partial charge in [-0.3, -0.25) is 0 Å². The maximum absolute atomic E-state index is 2.48. The van der Waals surface area contributed by atoms with E-state index < -0.39 is 0 Å². The van der Waals surface area contributed by atoms with E-state index in [2.05, 4.69) is 40.2 Å². The molecule has 1 heteroatoms. The topological polar surface area (TPSA) is 0 Å². The van der Waals surface area contributed by atoms with Crippen LogP contribution in [0.4, 0.5) is 0 Å². The van der Waals surface area contributed by atoms with E-state index in [9.17, 15) is 0 Å². The molecule has 2 rings (SSSR count). The molecule has 0 aromatic heterocycles. The fourth-order valence-electron chi connectivity index (χ4n) is 3.46. The van der Waals surface area contributed by atoms with Crippen molar-refractivity contribution in [3.63, 3.8) is 0 Å². The van der Waals surface area contributed by atoms with Crippen molar-refractivity contribution in [2.75, 3.05) is 27.7 Å². The smallest absolute Gasteiger partial charge is 0.0840 e. The summed E-state index contributed by atoms with van der Waals surface area (Å²) in [7, 11) is 6.92. The fraction of sp³-hybridized carbons (Fsp3) is 0.833. The van der Waals surface area contributed by atoms with Crippen molar-refractivity contribution in [2.45, 2.75) is 19.8 Å². The summed E-state index contributed by atoms with van der Waals surface area (Å²) < 4.78 is 1.10. The summed E-state index contributed by atoms with van der Waals surface area (Å²) in [4.78, 5) is 0. The molecule has 1 saturated carbocycles. The van der Waals surface area contributed by atoms with Crippen molar-refractivity contribution in [2.24, 2.45) is 17.3 Å². The van der Waals surface area contributed by atoms with Crippen molar-refractivity contribution < 1.29 is 4.48 Å². The maximum atomic E-state index is 2.48. The molecule has 2 aliphatic rings. The Morgan fingerprint density at radius 3 is 2.38 bits per heavy atom. The van der Waals surface area contributed by atoms with Crippen LogP contribution in [0.15, 0.2) is 12.2 Å². The van der Waals surface area contributed by atoms with Gasteiger partial charge >= 0.3 is 0 Å². The second-order valence-corrected chi connectivity index (χ2v) is 6.29. The molecule has 3 atom stereocenters. The molecule has 0 aromatic carbocycles. The Kier molecular flexibility index (Phi) is 1.85. The average molecular weight is 180 g/mol. The maximum Gasteiger partial charge on any atom is 0.0840 e. The Morgan fingerprint density at radius 2 is 2.00 bits per heavy atom. The number of allylic oxidation sites excluding steroid dienone is 2. The van der Waals surface area contributed by atoms with E-state index in [1.165, 1.54) is 19.4 Å². The third-order valence-corrected chi connectivity index (χ3v) is 3.63. The first-order chi connectivity index (χ1) is 5.89. The van der Waals surface area contributed by atoms with Crippen molar-refractivity contribution in [3.05, 3.63) is 12.2 Å². The Bertz CT molecular complexity index is 236. The van der Waals surface area contributed by atoms with E-state index in [0.29, 0.717) is 5.41 Å². The van der Waals surface area contributed by atoms with Crippen LogP contribution in [0.2, 0.25) is 0 Å². The number of fused-ring (bicyclic) bond motifs is 2. The first-order valence-corrected chi connectivity index (χ1v) is 5.38. The van der Waals surface area contributed by atoms with E-state index in [1.807, 2.05) is 0 Å². The molecule has 1 nitrogen and oxygen atoms in total. The van der Waals surface area contributed by atoms with Crippen LogP contribution < -0.4 is 0 Å². The van der Waals surface area contributed by atoms with Crippen LogP contribution in [0, 0.1) is 17.3 Å². The Hall–Kier alpha value is -0.300. The summed E-state index contributed by atoms with van der Waals surface area (Å²) in [5, 5.41) is 0. The Labute approximate surface area is 82.0 Å². The lowest BCUT2D eigenvalue weighted by Gasteiger charge is -2.38. The van der Waals surface area contributed by atoms with Gasteiger partial charge in [-0.1, -0.05) is 19.1 Å². The van der Waals surface area contributed by atoms with Gasteiger partial charge < -0.3 is 4.48 Å². The summed E-state index contributed by atoms with van der Waals surface area (Å²) >= 11 is 0. The number of hydrogen-bond donors (Lipinski definition) is 0. The second kappa shape index (κ2) is 2.60. The molecule has 2 bridgehead atoms. The van der Waals surface area contributed by atoms with Crippen molar-refractivity contribution >= 4 is 0 Å². The van der Waals surface area contributed by atoms with Gasteiger partial charge in [0.25, 0.3) is 0 Å². The molecule has 0 aliphatic heterocycles. The largest absolute Gasteiger partial charge is 0.330 e. The molecule has 0 spiro atoms. The molecule has 13 heavy (non-hydrogen) atoms. The van der Waals surface area contributed by atoms with Crippen LogP contribution in [0.5, 0.6) is 0 Å². The van der Waals surface area contributed by atoms with Crippen LogP contribution in [0.3, 0.4) is 0 Å².